The van der Waals surface area contributed by atoms with Crippen molar-refractivity contribution >= 4 is 9.84 Å². The van der Waals surface area contributed by atoms with E-state index in [-0.39, 0.29) is 5.75 Å². The zero-order chi connectivity index (χ0) is 12.9. The molecule has 4 heteroatoms. The van der Waals surface area contributed by atoms with Crippen molar-refractivity contribution in [3.8, 4) is 0 Å². The minimum Gasteiger partial charge on any atom is -0.321 e. The summed E-state index contributed by atoms with van der Waals surface area (Å²) in [6.45, 7) is 2.04. The molecule has 0 aliphatic carbocycles. The number of hydrogen-bond acceptors (Lipinski definition) is 3. The Kier molecular flexibility index (Phi) is 4.71. The van der Waals surface area contributed by atoms with Crippen LogP contribution in [0.2, 0.25) is 0 Å². The summed E-state index contributed by atoms with van der Waals surface area (Å²) in [5, 5.41) is 0. The SMILES string of the molecule is CCC(N)(CCCS(C)(=O)=O)c1ccccc1. The second kappa shape index (κ2) is 5.65. The van der Waals surface area contributed by atoms with E-state index >= 15 is 0 Å². The van der Waals surface area contributed by atoms with E-state index in [1.54, 1.807) is 0 Å². The van der Waals surface area contributed by atoms with Gasteiger partial charge in [0.15, 0.2) is 0 Å². The van der Waals surface area contributed by atoms with E-state index in [9.17, 15) is 8.42 Å². The van der Waals surface area contributed by atoms with E-state index in [0.29, 0.717) is 12.8 Å². The monoisotopic (exact) mass is 255 g/mol. The van der Waals surface area contributed by atoms with Crippen LogP contribution >= 0.6 is 0 Å². The summed E-state index contributed by atoms with van der Waals surface area (Å²) < 4.78 is 22.2. The Balaban J connectivity index is 2.70. The molecule has 0 amide bonds. The summed E-state index contributed by atoms with van der Waals surface area (Å²) in [7, 11) is -2.89. The number of benzene rings is 1. The van der Waals surface area contributed by atoms with Gasteiger partial charge < -0.3 is 5.73 Å². The molecule has 0 spiro atoms. The van der Waals surface area contributed by atoms with Crippen molar-refractivity contribution in [3.05, 3.63) is 35.9 Å². The predicted octanol–water partition coefficient (Wildman–Crippen LogP) is 2.08. The number of hydrogen-bond donors (Lipinski definition) is 1. The standard InChI is InChI=1S/C13H21NO2S/c1-3-13(14,10-7-11-17(2,15)16)12-8-5-4-6-9-12/h4-6,8-9H,3,7,10-11,14H2,1-2H3. The van der Waals surface area contributed by atoms with Gasteiger partial charge >= 0.3 is 0 Å². The van der Waals surface area contributed by atoms with Gasteiger partial charge in [-0.05, 0) is 24.8 Å². The minimum absolute atomic E-state index is 0.207. The highest BCUT2D eigenvalue weighted by Crippen LogP contribution is 2.27. The summed E-state index contributed by atoms with van der Waals surface area (Å²) in [5.74, 6) is 0.207. The van der Waals surface area contributed by atoms with Crippen LogP contribution in [0.25, 0.3) is 0 Å². The van der Waals surface area contributed by atoms with Crippen LogP contribution in [0.5, 0.6) is 0 Å². The highest BCUT2D eigenvalue weighted by molar-refractivity contribution is 7.90. The summed E-state index contributed by atoms with van der Waals surface area (Å²) in [6, 6.07) is 9.89. The molecular formula is C13H21NO2S. The van der Waals surface area contributed by atoms with Crippen molar-refractivity contribution in [3.63, 3.8) is 0 Å². The first-order valence-corrected chi connectivity index (χ1v) is 7.95. The molecular weight excluding hydrogens is 234 g/mol. The van der Waals surface area contributed by atoms with Crippen molar-refractivity contribution in [1.29, 1.82) is 0 Å². The molecule has 17 heavy (non-hydrogen) atoms. The maximum atomic E-state index is 11.1. The van der Waals surface area contributed by atoms with Gasteiger partial charge in [-0.1, -0.05) is 37.3 Å². The van der Waals surface area contributed by atoms with Crippen molar-refractivity contribution in [2.24, 2.45) is 5.73 Å². The molecule has 1 unspecified atom stereocenters. The van der Waals surface area contributed by atoms with Gasteiger partial charge in [0, 0.05) is 17.5 Å². The third kappa shape index (κ3) is 4.48. The molecule has 0 fully saturated rings. The summed E-state index contributed by atoms with van der Waals surface area (Å²) >= 11 is 0. The molecule has 0 saturated heterocycles. The third-order valence-corrected chi connectivity index (χ3v) is 4.15. The van der Waals surface area contributed by atoms with E-state index in [1.165, 1.54) is 6.26 Å². The third-order valence-electron chi connectivity index (χ3n) is 3.12. The van der Waals surface area contributed by atoms with Crippen LogP contribution in [-0.2, 0) is 15.4 Å². The lowest BCUT2D eigenvalue weighted by Crippen LogP contribution is -2.36. The summed E-state index contributed by atoms with van der Waals surface area (Å²) in [5.41, 5.74) is 7.02. The summed E-state index contributed by atoms with van der Waals surface area (Å²) in [6.07, 6.45) is 3.37. The highest BCUT2D eigenvalue weighted by atomic mass is 32.2. The molecule has 1 rings (SSSR count). The van der Waals surface area contributed by atoms with Gasteiger partial charge in [0.25, 0.3) is 0 Å². The van der Waals surface area contributed by atoms with Gasteiger partial charge in [0.1, 0.15) is 9.84 Å². The smallest absolute Gasteiger partial charge is 0.147 e. The molecule has 1 atom stereocenters. The molecule has 0 aromatic heterocycles. The van der Waals surface area contributed by atoms with Crippen molar-refractivity contribution in [2.75, 3.05) is 12.0 Å². The molecule has 0 saturated carbocycles. The van der Waals surface area contributed by atoms with Crippen LogP contribution in [-0.4, -0.2) is 20.4 Å². The second-order valence-electron chi connectivity index (χ2n) is 4.61. The van der Waals surface area contributed by atoms with Crippen LogP contribution in [0, 0.1) is 0 Å². The van der Waals surface area contributed by atoms with Gasteiger partial charge in [0.05, 0.1) is 0 Å². The van der Waals surface area contributed by atoms with Crippen LogP contribution in [0.4, 0.5) is 0 Å². The molecule has 0 aliphatic rings. The predicted molar refractivity (Wildman–Crippen MR) is 71.5 cm³/mol. The first kappa shape index (κ1) is 14.2. The van der Waals surface area contributed by atoms with Crippen molar-refractivity contribution in [1.82, 2.24) is 0 Å². The van der Waals surface area contributed by atoms with Gasteiger partial charge in [0.2, 0.25) is 0 Å². The highest BCUT2D eigenvalue weighted by Gasteiger charge is 2.24. The number of nitrogens with two attached hydrogens (primary N) is 1. The Hall–Kier alpha value is -0.870. The Morgan fingerprint density at radius 3 is 2.29 bits per heavy atom. The van der Waals surface area contributed by atoms with Crippen LogP contribution in [0.15, 0.2) is 30.3 Å². The molecule has 2 N–H and O–H groups in total. The van der Waals surface area contributed by atoms with E-state index in [1.807, 2.05) is 37.3 Å². The zero-order valence-corrected chi connectivity index (χ0v) is 11.3. The largest absolute Gasteiger partial charge is 0.321 e. The van der Waals surface area contributed by atoms with E-state index in [0.717, 1.165) is 12.0 Å². The van der Waals surface area contributed by atoms with E-state index in [2.05, 4.69) is 0 Å². The maximum absolute atomic E-state index is 11.1. The Morgan fingerprint density at radius 1 is 1.24 bits per heavy atom. The second-order valence-corrected chi connectivity index (χ2v) is 6.87. The van der Waals surface area contributed by atoms with E-state index < -0.39 is 15.4 Å². The van der Waals surface area contributed by atoms with Crippen molar-refractivity contribution in [2.45, 2.75) is 31.7 Å². The van der Waals surface area contributed by atoms with Crippen LogP contribution in [0.3, 0.4) is 0 Å². The number of rotatable bonds is 6. The molecule has 96 valence electrons. The van der Waals surface area contributed by atoms with Gasteiger partial charge in [-0.25, -0.2) is 8.42 Å². The zero-order valence-electron chi connectivity index (χ0n) is 10.5. The maximum Gasteiger partial charge on any atom is 0.147 e. The molecule has 0 heterocycles. The molecule has 1 aromatic carbocycles. The fraction of sp³-hybridized carbons (Fsp3) is 0.538. The normalized spacial score (nSPS) is 15.5. The lowest BCUT2D eigenvalue weighted by Gasteiger charge is -2.28. The van der Waals surface area contributed by atoms with Crippen molar-refractivity contribution < 1.29 is 8.42 Å². The van der Waals surface area contributed by atoms with Gasteiger partial charge in [-0.15, -0.1) is 0 Å². The average Bonchev–Trinajstić information content (AvgIpc) is 2.28. The van der Waals surface area contributed by atoms with Crippen LogP contribution < -0.4 is 5.73 Å². The molecule has 3 nitrogen and oxygen atoms in total. The fourth-order valence-corrected chi connectivity index (χ4v) is 2.61. The Labute approximate surface area is 104 Å². The lowest BCUT2D eigenvalue weighted by atomic mass is 9.84. The lowest BCUT2D eigenvalue weighted by molar-refractivity contribution is 0.390. The Bertz CT molecular complexity index is 442. The first-order valence-electron chi connectivity index (χ1n) is 5.89. The average molecular weight is 255 g/mol. The summed E-state index contributed by atoms with van der Waals surface area (Å²) in [4.78, 5) is 0. The number of sulfone groups is 1. The first-order chi connectivity index (χ1) is 7.87. The molecule has 1 aromatic rings. The van der Waals surface area contributed by atoms with Gasteiger partial charge in [-0.3, -0.25) is 0 Å². The topological polar surface area (TPSA) is 60.2 Å². The molecule has 0 aliphatic heterocycles. The molecule has 0 radical (unpaired) electrons. The molecule has 0 bridgehead atoms. The fourth-order valence-electron chi connectivity index (χ4n) is 1.95. The van der Waals surface area contributed by atoms with Gasteiger partial charge in [-0.2, -0.15) is 0 Å². The van der Waals surface area contributed by atoms with Crippen LogP contribution in [0.1, 0.15) is 31.7 Å². The Morgan fingerprint density at radius 2 is 1.82 bits per heavy atom. The minimum atomic E-state index is -2.89. The quantitative estimate of drug-likeness (QED) is 0.846. The van der Waals surface area contributed by atoms with E-state index in [4.69, 9.17) is 5.73 Å².